The van der Waals surface area contributed by atoms with E-state index < -0.39 is 30.1 Å². The highest BCUT2D eigenvalue weighted by atomic mass is 19.4. The number of nitrogens with one attached hydrogen (secondary N) is 2. The number of aromatic nitrogens is 3. The monoisotopic (exact) mass is 512 g/mol. The highest BCUT2D eigenvalue weighted by Gasteiger charge is 2.47. The van der Waals surface area contributed by atoms with Gasteiger partial charge in [0.25, 0.3) is 11.8 Å². The second-order valence-corrected chi connectivity index (χ2v) is 8.93. The van der Waals surface area contributed by atoms with E-state index in [0.29, 0.717) is 30.8 Å². The summed E-state index contributed by atoms with van der Waals surface area (Å²) in [6.07, 6.45) is 0.166. The van der Waals surface area contributed by atoms with Crippen LogP contribution in [0.3, 0.4) is 0 Å². The Morgan fingerprint density at radius 1 is 1.32 bits per heavy atom. The van der Waals surface area contributed by atoms with E-state index in [1.165, 1.54) is 17.8 Å². The van der Waals surface area contributed by atoms with Crippen molar-refractivity contribution in [2.45, 2.75) is 31.0 Å². The fourth-order valence-electron chi connectivity index (χ4n) is 4.97. The van der Waals surface area contributed by atoms with Crippen LogP contribution in [0, 0.1) is 0 Å². The zero-order valence-corrected chi connectivity index (χ0v) is 20.0. The van der Waals surface area contributed by atoms with Crippen LogP contribution in [0.1, 0.15) is 49.7 Å². The maximum atomic E-state index is 13.4. The number of halogens is 3. The molecule has 9 nitrogen and oxygen atoms in total. The van der Waals surface area contributed by atoms with E-state index in [0.717, 1.165) is 16.7 Å². The molecular weight excluding hydrogens is 489 g/mol. The average molecular weight is 512 g/mol. The van der Waals surface area contributed by atoms with Gasteiger partial charge in [0.05, 0.1) is 16.8 Å². The largest absolute Gasteiger partial charge is 0.484 e. The summed E-state index contributed by atoms with van der Waals surface area (Å²) in [5, 5.41) is 10.3. The quantitative estimate of drug-likeness (QED) is 0.511. The second-order valence-electron chi connectivity index (χ2n) is 8.93. The van der Waals surface area contributed by atoms with Crippen molar-refractivity contribution in [3.05, 3.63) is 70.2 Å². The number of carbonyl (C=O) groups excluding carboxylic acids is 2. The van der Waals surface area contributed by atoms with Gasteiger partial charge >= 0.3 is 6.18 Å². The SMILES string of the molecule is CN=Cc1ccc(-n2nc3c(c2C(=O)NC)C(=O)N[C@@]2(CCc4cc(OCC(F)(F)F)ccc42)C3)nc1. The first-order valence-corrected chi connectivity index (χ1v) is 11.5. The molecule has 3 heterocycles. The van der Waals surface area contributed by atoms with Crippen molar-refractivity contribution >= 4 is 18.0 Å². The Balaban J connectivity index is 1.52. The van der Waals surface area contributed by atoms with Crippen LogP contribution in [0.15, 0.2) is 41.5 Å². The van der Waals surface area contributed by atoms with Gasteiger partial charge in [-0.3, -0.25) is 14.6 Å². The number of rotatable bonds is 5. The highest BCUT2D eigenvalue weighted by molar-refractivity contribution is 6.08. The van der Waals surface area contributed by atoms with Crippen LogP contribution in [0.2, 0.25) is 0 Å². The molecule has 3 aromatic rings. The first-order chi connectivity index (χ1) is 17.6. The summed E-state index contributed by atoms with van der Waals surface area (Å²) in [7, 11) is 3.11. The zero-order chi connectivity index (χ0) is 26.4. The highest BCUT2D eigenvalue weighted by Crippen LogP contribution is 2.44. The molecule has 2 amide bonds. The van der Waals surface area contributed by atoms with E-state index in [4.69, 9.17) is 4.74 Å². The molecule has 2 aliphatic rings. The van der Waals surface area contributed by atoms with Crippen molar-refractivity contribution in [3.63, 3.8) is 0 Å². The topological polar surface area (TPSA) is 110 Å². The molecule has 0 unspecified atom stereocenters. The summed E-state index contributed by atoms with van der Waals surface area (Å²) < 4.78 is 43.9. The molecule has 0 saturated heterocycles. The molecule has 1 spiro atoms. The van der Waals surface area contributed by atoms with Gasteiger partial charge in [0.2, 0.25) is 0 Å². The first kappa shape index (κ1) is 24.5. The first-order valence-electron chi connectivity index (χ1n) is 11.5. The van der Waals surface area contributed by atoms with Crippen molar-refractivity contribution in [2.24, 2.45) is 4.99 Å². The van der Waals surface area contributed by atoms with Crippen LogP contribution >= 0.6 is 0 Å². The van der Waals surface area contributed by atoms with Crippen LogP contribution < -0.4 is 15.4 Å². The summed E-state index contributed by atoms with van der Waals surface area (Å²) in [5.74, 6) is -0.462. The van der Waals surface area contributed by atoms with Crippen LogP contribution in [0.5, 0.6) is 5.75 Å². The lowest BCUT2D eigenvalue weighted by molar-refractivity contribution is -0.153. The summed E-state index contributed by atoms with van der Waals surface area (Å²) in [6, 6.07) is 8.20. The predicted octanol–water partition coefficient (Wildman–Crippen LogP) is 2.74. The lowest BCUT2D eigenvalue weighted by atomic mass is 9.82. The number of benzene rings is 1. The minimum Gasteiger partial charge on any atom is -0.484 e. The molecule has 0 saturated carbocycles. The number of hydrogen-bond acceptors (Lipinski definition) is 6. The molecule has 192 valence electrons. The van der Waals surface area contributed by atoms with Crippen molar-refractivity contribution in [1.29, 1.82) is 0 Å². The summed E-state index contributed by atoms with van der Waals surface area (Å²) >= 11 is 0. The number of alkyl halides is 3. The Hall–Kier alpha value is -4.22. The van der Waals surface area contributed by atoms with E-state index in [1.54, 1.807) is 43.7 Å². The van der Waals surface area contributed by atoms with Crippen molar-refractivity contribution in [3.8, 4) is 11.6 Å². The van der Waals surface area contributed by atoms with Crippen LogP contribution in [0.4, 0.5) is 13.2 Å². The van der Waals surface area contributed by atoms with Crippen LogP contribution in [0.25, 0.3) is 5.82 Å². The van der Waals surface area contributed by atoms with Gasteiger partial charge in [0, 0.05) is 38.5 Å². The molecule has 0 radical (unpaired) electrons. The third-order valence-corrected chi connectivity index (χ3v) is 6.53. The number of aliphatic imine (C=N–C) groups is 1. The summed E-state index contributed by atoms with van der Waals surface area (Å²) in [5.41, 5.74) is 2.24. The molecule has 1 aliphatic carbocycles. The molecule has 12 heteroatoms. The minimum absolute atomic E-state index is 0.0726. The summed E-state index contributed by atoms with van der Waals surface area (Å²) in [6.45, 7) is -1.38. The fraction of sp³-hybridized carbons (Fsp3) is 0.320. The Kier molecular flexibility index (Phi) is 5.97. The summed E-state index contributed by atoms with van der Waals surface area (Å²) in [4.78, 5) is 34.6. The number of amides is 2. The van der Waals surface area contributed by atoms with E-state index in [-0.39, 0.29) is 17.0 Å². The Bertz CT molecular complexity index is 1410. The molecule has 2 aromatic heterocycles. The normalized spacial score (nSPS) is 18.6. The van der Waals surface area contributed by atoms with Gasteiger partial charge in [-0.05, 0) is 48.2 Å². The second kappa shape index (κ2) is 9.02. The van der Waals surface area contributed by atoms with Gasteiger partial charge in [-0.1, -0.05) is 6.07 Å². The van der Waals surface area contributed by atoms with Crippen molar-refractivity contribution in [1.82, 2.24) is 25.4 Å². The Morgan fingerprint density at radius 2 is 2.14 bits per heavy atom. The van der Waals surface area contributed by atoms with E-state index in [2.05, 4.69) is 25.7 Å². The number of fused-ring (bicyclic) bond motifs is 3. The standard InChI is InChI=1S/C25H23F3N6O3/c1-29-11-14-3-6-19(31-12-14)34-21(23(36)30-2)20-18(33-34)10-24(32-22(20)35)8-7-15-9-16(4-5-17(15)24)37-13-25(26,27)28/h3-6,9,11-12H,7-8,10,13H2,1-2H3,(H,30,36)(H,32,35)/t24-/m0/s1. The number of nitrogens with zero attached hydrogens (tertiary/aromatic N) is 4. The number of pyridine rings is 1. The Morgan fingerprint density at radius 3 is 2.81 bits per heavy atom. The third-order valence-electron chi connectivity index (χ3n) is 6.53. The molecular formula is C25H23F3N6O3. The Labute approximate surface area is 209 Å². The average Bonchev–Trinajstić information content (AvgIpc) is 3.41. The smallest absolute Gasteiger partial charge is 0.422 e. The van der Waals surface area contributed by atoms with Crippen LogP contribution in [-0.4, -0.2) is 59.7 Å². The lowest BCUT2D eigenvalue weighted by Crippen LogP contribution is -2.50. The fourth-order valence-corrected chi connectivity index (χ4v) is 4.97. The third kappa shape index (κ3) is 4.43. The van der Waals surface area contributed by atoms with E-state index >= 15 is 0 Å². The maximum absolute atomic E-state index is 13.4. The molecule has 5 rings (SSSR count). The molecule has 1 aromatic carbocycles. The van der Waals surface area contributed by atoms with E-state index in [9.17, 15) is 22.8 Å². The predicted molar refractivity (Wildman–Crippen MR) is 127 cm³/mol. The number of aryl methyl sites for hydroxylation is 1. The number of carbonyl (C=O) groups is 2. The maximum Gasteiger partial charge on any atom is 0.422 e. The van der Waals surface area contributed by atoms with Gasteiger partial charge in [-0.25, -0.2) is 9.67 Å². The molecule has 0 bridgehead atoms. The van der Waals surface area contributed by atoms with Gasteiger partial charge in [-0.15, -0.1) is 0 Å². The minimum atomic E-state index is -4.44. The lowest BCUT2D eigenvalue weighted by Gasteiger charge is -2.35. The van der Waals surface area contributed by atoms with Gasteiger partial charge in [-0.2, -0.15) is 18.3 Å². The van der Waals surface area contributed by atoms with Gasteiger partial charge in [0.15, 0.2) is 12.4 Å². The number of ether oxygens (including phenoxy) is 1. The van der Waals surface area contributed by atoms with Gasteiger partial charge in [0.1, 0.15) is 11.4 Å². The van der Waals surface area contributed by atoms with Gasteiger partial charge < -0.3 is 15.4 Å². The molecule has 1 atom stereocenters. The molecule has 37 heavy (non-hydrogen) atoms. The van der Waals surface area contributed by atoms with Crippen molar-refractivity contribution < 1.29 is 27.5 Å². The van der Waals surface area contributed by atoms with Crippen molar-refractivity contribution in [2.75, 3.05) is 20.7 Å². The molecule has 2 N–H and O–H groups in total. The number of hydrogen-bond donors (Lipinski definition) is 2. The zero-order valence-electron chi connectivity index (χ0n) is 20.0. The van der Waals surface area contributed by atoms with E-state index in [1.807, 2.05) is 0 Å². The van der Waals surface area contributed by atoms with Crippen LogP contribution in [-0.2, 0) is 18.4 Å². The molecule has 0 fully saturated rings. The molecule has 1 aliphatic heterocycles.